The molecule has 0 saturated heterocycles. The lowest BCUT2D eigenvalue weighted by atomic mass is 10.2. The van der Waals surface area contributed by atoms with Crippen molar-refractivity contribution < 1.29 is 14.6 Å². The van der Waals surface area contributed by atoms with Crippen LogP contribution in [0.3, 0.4) is 0 Å². The average Bonchev–Trinajstić information content (AvgIpc) is 2.75. The van der Waals surface area contributed by atoms with Crippen LogP contribution in [0.2, 0.25) is 0 Å². The minimum Gasteiger partial charge on any atom is -0.394 e. The summed E-state index contributed by atoms with van der Waals surface area (Å²) >= 11 is 0. The Bertz CT molecular complexity index is 662. The van der Waals surface area contributed by atoms with Crippen LogP contribution < -0.4 is 4.90 Å². The first-order chi connectivity index (χ1) is 13.8. The van der Waals surface area contributed by atoms with Gasteiger partial charge in [0.1, 0.15) is 0 Å². The van der Waals surface area contributed by atoms with Gasteiger partial charge in [0.2, 0.25) is 0 Å². The van der Waals surface area contributed by atoms with E-state index in [0.29, 0.717) is 19.8 Å². The monoisotopic (exact) mass is 385 g/mol. The summed E-state index contributed by atoms with van der Waals surface area (Å²) in [5, 5.41) is 17.2. The van der Waals surface area contributed by atoms with Crippen molar-refractivity contribution >= 4 is 17.1 Å². The number of hydrogen-bond acceptors (Lipinski definition) is 6. The molecule has 0 aliphatic carbocycles. The number of azo groups is 1. The summed E-state index contributed by atoms with van der Waals surface area (Å²) in [6.07, 6.45) is 2.08. The van der Waals surface area contributed by atoms with Crippen molar-refractivity contribution in [2.24, 2.45) is 10.2 Å². The van der Waals surface area contributed by atoms with Gasteiger partial charge in [-0.25, -0.2) is 0 Å². The lowest BCUT2D eigenvalue weighted by Gasteiger charge is -2.23. The Morgan fingerprint density at radius 3 is 2.07 bits per heavy atom. The molecule has 0 aliphatic rings. The van der Waals surface area contributed by atoms with Crippen LogP contribution in [-0.4, -0.2) is 51.2 Å². The zero-order chi connectivity index (χ0) is 19.9. The third kappa shape index (κ3) is 8.61. The number of benzene rings is 2. The van der Waals surface area contributed by atoms with Gasteiger partial charge in [-0.3, -0.25) is 0 Å². The molecule has 0 radical (unpaired) electrons. The molecule has 0 amide bonds. The number of aliphatic hydroxyl groups is 1. The summed E-state index contributed by atoms with van der Waals surface area (Å²) in [5.41, 5.74) is 2.89. The lowest BCUT2D eigenvalue weighted by molar-refractivity contribution is 0.0323. The largest absolute Gasteiger partial charge is 0.394 e. The molecule has 152 valence electrons. The minimum atomic E-state index is 0.0592. The molecular weight excluding hydrogens is 354 g/mol. The quantitative estimate of drug-likeness (QED) is 0.377. The molecule has 0 bridgehead atoms. The molecule has 0 aromatic heterocycles. The van der Waals surface area contributed by atoms with E-state index in [2.05, 4.69) is 34.2 Å². The van der Waals surface area contributed by atoms with E-state index < -0.39 is 0 Å². The Morgan fingerprint density at radius 1 is 0.786 bits per heavy atom. The van der Waals surface area contributed by atoms with Gasteiger partial charge < -0.3 is 19.5 Å². The average molecular weight is 386 g/mol. The fourth-order valence-corrected chi connectivity index (χ4v) is 2.70. The Balaban J connectivity index is 1.69. The third-order valence-corrected chi connectivity index (χ3v) is 4.21. The Labute approximate surface area is 167 Å². The van der Waals surface area contributed by atoms with Crippen LogP contribution in [-0.2, 0) is 9.47 Å². The van der Waals surface area contributed by atoms with Gasteiger partial charge in [-0.05, 0) is 56.2 Å². The highest BCUT2D eigenvalue weighted by Gasteiger charge is 2.04. The van der Waals surface area contributed by atoms with E-state index in [4.69, 9.17) is 14.6 Å². The minimum absolute atomic E-state index is 0.0592. The number of unbranched alkanes of at least 4 members (excludes halogenated alkanes) is 1. The molecule has 2 aromatic carbocycles. The maximum Gasteiger partial charge on any atom is 0.0858 e. The molecule has 0 atom stereocenters. The van der Waals surface area contributed by atoms with Gasteiger partial charge in [-0.2, -0.15) is 10.2 Å². The van der Waals surface area contributed by atoms with Crippen LogP contribution in [0.25, 0.3) is 0 Å². The number of anilines is 1. The first-order valence-electron chi connectivity index (χ1n) is 9.91. The van der Waals surface area contributed by atoms with Gasteiger partial charge in [0, 0.05) is 25.4 Å². The predicted octanol–water partition coefficient (Wildman–Crippen LogP) is 4.73. The highest BCUT2D eigenvalue weighted by molar-refractivity contribution is 5.52. The Kier molecular flexibility index (Phi) is 10.9. The fourth-order valence-electron chi connectivity index (χ4n) is 2.70. The topological polar surface area (TPSA) is 66.7 Å². The van der Waals surface area contributed by atoms with E-state index in [1.54, 1.807) is 0 Å². The standard InChI is InChI=1S/C22H31N3O3/c1-2-25(14-6-7-16-27-18-19-28-17-15-26)22-12-10-21(11-13-22)24-23-20-8-4-3-5-9-20/h3-5,8-13,26H,2,6-7,14-19H2,1H3. The number of hydrogen-bond donors (Lipinski definition) is 1. The highest BCUT2D eigenvalue weighted by atomic mass is 16.5. The van der Waals surface area contributed by atoms with Crippen LogP contribution in [0, 0.1) is 0 Å². The summed E-state index contributed by atoms with van der Waals surface area (Å²) < 4.78 is 10.7. The van der Waals surface area contributed by atoms with Gasteiger partial charge in [0.15, 0.2) is 0 Å². The number of ether oxygens (including phenoxy) is 2. The van der Waals surface area contributed by atoms with Crippen LogP contribution >= 0.6 is 0 Å². The van der Waals surface area contributed by atoms with Gasteiger partial charge in [-0.15, -0.1) is 0 Å². The molecule has 0 spiro atoms. The Morgan fingerprint density at radius 2 is 1.43 bits per heavy atom. The SMILES string of the molecule is CCN(CCCCOCCOCCO)c1ccc(N=Nc2ccccc2)cc1. The molecule has 0 unspecified atom stereocenters. The van der Waals surface area contributed by atoms with Crippen molar-refractivity contribution in [3.05, 3.63) is 54.6 Å². The number of rotatable bonds is 14. The maximum atomic E-state index is 8.62. The van der Waals surface area contributed by atoms with Crippen molar-refractivity contribution in [1.29, 1.82) is 0 Å². The second-order valence-corrected chi connectivity index (χ2v) is 6.29. The van der Waals surface area contributed by atoms with E-state index in [1.807, 2.05) is 42.5 Å². The molecular formula is C22H31N3O3. The summed E-state index contributed by atoms with van der Waals surface area (Å²) in [5.74, 6) is 0. The summed E-state index contributed by atoms with van der Waals surface area (Å²) in [7, 11) is 0. The van der Waals surface area contributed by atoms with Crippen LogP contribution in [0.1, 0.15) is 19.8 Å². The van der Waals surface area contributed by atoms with E-state index >= 15 is 0 Å². The van der Waals surface area contributed by atoms with Crippen molar-refractivity contribution in [2.75, 3.05) is 51.0 Å². The third-order valence-electron chi connectivity index (χ3n) is 4.21. The lowest BCUT2D eigenvalue weighted by Crippen LogP contribution is -2.24. The fraction of sp³-hybridized carbons (Fsp3) is 0.455. The predicted molar refractivity (Wildman–Crippen MR) is 113 cm³/mol. The first kappa shape index (κ1) is 22.0. The molecule has 6 nitrogen and oxygen atoms in total. The van der Waals surface area contributed by atoms with Gasteiger partial charge in [-0.1, -0.05) is 18.2 Å². The van der Waals surface area contributed by atoms with Crippen molar-refractivity contribution in [2.45, 2.75) is 19.8 Å². The summed E-state index contributed by atoms with van der Waals surface area (Å²) in [6.45, 7) is 6.40. The molecule has 1 N–H and O–H groups in total. The molecule has 2 rings (SSSR count). The van der Waals surface area contributed by atoms with Crippen LogP contribution in [0.5, 0.6) is 0 Å². The molecule has 0 fully saturated rings. The normalized spacial score (nSPS) is 11.2. The summed E-state index contributed by atoms with van der Waals surface area (Å²) in [4.78, 5) is 2.35. The molecule has 6 heteroatoms. The highest BCUT2D eigenvalue weighted by Crippen LogP contribution is 2.22. The van der Waals surface area contributed by atoms with Crippen LogP contribution in [0.4, 0.5) is 17.1 Å². The molecule has 0 aliphatic heterocycles. The summed E-state index contributed by atoms with van der Waals surface area (Å²) in [6, 6.07) is 17.9. The second kappa shape index (κ2) is 13.8. The van der Waals surface area contributed by atoms with E-state index in [9.17, 15) is 0 Å². The van der Waals surface area contributed by atoms with Crippen molar-refractivity contribution in [3.8, 4) is 0 Å². The molecule has 0 heterocycles. The zero-order valence-electron chi connectivity index (χ0n) is 16.7. The van der Waals surface area contributed by atoms with Gasteiger partial charge in [0.05, 0.1) is 37.8 Å². The number of nitrogens with zero attached hydrogens (tertiary/aromatic N) is 3. The van der Waals surface area contributed by atoms with Crippen molar-refractivity contribution in [1.82, 2.24) is 0 Å². The van der Waals surface area contributed by atoms with E-state index in [-0.39, 0.29) is 6.61 Å². The number of aliphatic hydroxyl groups excluding tert-OH is 1. The zero-order valence-corrected chi connectivity index (χ0v) is 16.7. The van der Waals surface area contributed by atoms with Crippen molar-refractivity contribution in [3.63, 3.8) is 0 Å². The van der Waals surface area contributed by atoms with E-state index in [0.717, 1.165) is 43.9 Å². The second-order valence-electron chi connectivity index (χ2n) is 6.29. The first-order valence-corrected chi connectivity index (χ1v) is 9.91. The smallest absolute Gasteiger partial charge is 0.0858 e. The van der Waals surface area contributed by atoms with Crippen LogP contribution in [0.15, 0.2) is 64.8 Å². The van der Waals surface area contributed by atoms with Gasteiger partial charge >= 0.3 is 0 Å². The maximum absolute atomic E-state index is 8.62. The molecule has 2 aromatic rings. The Hall–Kier alpha value is -2.28. The molecule has 28 heavy (non-hydrogen) atoms. The van der Waals surface area contributed by atoms with Gasteiger partial charge in [0.25, 0.3) is 0 Å². The van der Waals surface area contributed by atoms with E-state index in [1.165, 1.54) is 5.69 Å². The molecule has 0 saturated carbocycles.